The number of nitrogens with zero attached hydrogens (tertiary/aromatic N) is 1. The van der Waals surface area contributed by atoms with E-state index in [4.69, 9.17) is 24.7 Å². The molecule has 7 heteroatoms. The zero-order valence-corrected chi connectivity index (χ0v) is 21.7. The number of hydrogen-bond donors (Lipinski definition) is 1. The molecule has 3 aromatic rings. The Morgan fingerprint density at radius 3 is 2.29 bits per heavy atom. The first kappa shape index (κ1) is 26.6. The van der Waals surface area contributed by atoms with Crippen LogP contribution in [-0.4, -0.2) is 19.2 Å². The Balaban J connectivity index is 1.54. The summed E-state index contributed by atoms with van der Waals surface area (Å²) in [5.74, 6) is 1.24. The van der Waals surface area contributed by atoms with Crippen molar-refractivity contribution in [2.75, 3.05) is 13.2 Å². The minimum absolute atomic E-state index is 0.0180. The number of hydrogen-bond acceptors (Lipinski definition) is 7. The van der Waals surface area contributed by atoms with Crippen LogP contribution >= 0.6 is 0 Å². The number of unbranched alkanes of at least 4 members (excludes halogenated alkanes) is 2. The van der Waals surface area contributed by atoms with E-state index in [2.05, 4.69) is 19.9 Å². The number of allylic oxidation sites excluding steroid dienone is 1. The lowest BCUT2D eigenvalue weighted by atomic mass is 9.83. The minimum Gasteiger partial charge on any atom is -0.494 e. The maximum absolute atomic E-state index is 12.8. The monoisotopic (exact) mass is 512 g/mol. The van der Waals surface area contributed by atoms with Crippen molar-refractivity contribution in [2.24, 2.45) is 5.73 Å². The normalized spacial score (nSPS) is 14.2. The third-order valence-corrected chi connectivity index (χ3v) is 6.22. The zero-order valence-electron chi connectivity index (χ0n) is 21.7. The Bertz CT molecular complexity index is 1340. The molecule has 1 unspecified atom stereocenters. The number of fused-ring (bicyclic) bond motifs is 1. The van der Waals surface area contributed by atoms with E-state index in [0.29, 0.717) is 41.6 Å². The molecule has 3 aromatic carbocycles. The number of nitriles is 1. The van der Waals surface area contributed by atoms with Crippen molar-refractivity contribution in [3.05, 3.63) is 94.9 Å². The third kappa shape index (κ3) is 6.27. The highest BCUT2D eigenvalue weighted by molar-refractivity contribution is 5.91. The maximum Gasteiger partial charge on any atom is 0.343 e. The van der Waals surface area contributed by atoms with Crippen molar-refractivity contribution in [1.29, 1.82) is 5.26 Å². The smallest absolute Gasteiger partial charge is 0.343 e. The summed E-state index contributed by atoms with van der Waals surface area (Å²) in [5, 5.41) is 9.86. The van der Waals surface area contributed by atoms with Crippen LogP contribution in [0.4, 0.5) is 0 Å². The number of benzene rings is 3. The molecule has 0 saturated carbocycles. The van der Waals surface area contributed by atoms with Crippen molar-refractivity contribution < 1.29 is 23.7 Å². The summed E-state index contributed by atoms with van der Waals surface area (Å²) < 4.78 is 22.9. The second-order valence-electron chi connectivity index (χ2n) is 9.01. The molecule has 1 heterocycles. The van der Waals surface area contributed by atoms with Gasteiger partial charge in [0.1, 0.15) is 34.6 Å². The molecule has 0 bridgehead atoms. The molecular weight excluding hydrogens is 480 g/mol. The van der Waals surface area contributed by atoms with Crippen LogP contribution in [0.2, 0.25) is 0 Å². The lowest BCUT2D eigenvalue weighted by Crippen LogP contribution is -2.21. The summed E-state index contributed by atoms with van der Waals surface area (Å²) >= 11 is 0. The van der Waals surface area contributed by atoms with Crippen molar-refractivity contribution in [3.63, 3.8) is 0 Å². The molecule has 0 aliphatic carbocycles. The Hall–Kier alpha value is -4.44. The minimum atomic E-state index is -0.504. The number of carbonyl (C=O) groups is 1. The summed E-state index contributed by atoms with van der Waals surface area (Å²) in [7, 11) is 0. The highest BCUT2D eigenvalue weighted by atomic mass is 16.5. The quantitative estimate of drug-likeness (QED) is 0.178. The summed E-state index contributed by atoms with van der Waals surface area (Å²) in [6.45, 7) is 5.47. The van der Waals surface area contributed by atoms with Crippen LogP contribution in [0.3, 0.4) is 0 Å². The lowest BCUT2D eigenvalue weighted by molar-refractivity contribution is 0.0734. The van der Waals surface area contributed by atoms with E-state index in [1.54, 1.807) is 42.5 Å². The predicted molar refractivity (Wildman–Crippen MR) is 144 cm³/mol. The molecule has 196 valence electrons. The van der Waals surface area contributed by atoms with Gasteiger partial charge >= 0.3 is 5.97 Å². The second kappa shape index (κ2) is 12.7. The summed E-state index contributed by atoms with van der Waals surface area (Å²) in [6.07, 6.45) is 4.02. The van der Waals surface area contributed by atoms with E-state index in [1.165, 1.54) is 0 Å². The van der Waals surface area contributed by atoms with Crippen molar-refractivity contribution in [1.82, 2.24) is 0 Å². The van der Waals surface area contributed by atoms with Gasteiger partial charge in [0.2, 0.25) is 5.88 Å². The van der Waals surface area contributed by atoms with Crippen molar-refractivity contribution >= 4 is 5.97 Å². The number of nitrogens with two attached hydrogens (primary N) is 1. The fourth-order valence-electron chi connectivity index (χ4n) is 4.15. The van der Waals surface area contributed by atoms with Crippen LogP contribution in [0.25, 0.3) is 0 Å². The van der Waals surface area contributed by atoms with E-state index in [-0.39, 0.29) is 5.88 Å². The number of carbonyl (C=O) groups excluding carboxylic acids is 1. The van der Waals surface area contributed by atoms with Gasteiger partial charge in [0.25, 0.3) is 0 Å². The Morgan fingerprint density at radius 2 is 1.61 bits per heavy atom. The second-order valence-corrected chi connectivity index (χ2v) is 9.01. The average Bonchev–Trinajstić information content (AvgIpc) is 2.93. The largest absolute Gasteiger partial charge is 0.494 e. The Labute approximate surface area is 223 Å². The molecule has 0 fully saturated rings. The molecule has 0 amide bonds. The molecular formula is C31H32N2O5. The summed E-state index contributed by atoms with van der Waals surface area (Å²) in [4.78, 5) is 12.8. The molecule has 4 rings (SSSR count). The van der Waals surface area contributed by atoms with Gasteiger partial charge in [-0.15, -0.1) is 0 Å². The molecule has 0 radical (unpaired) electrons. The van der Waals surface area contributed by atoms with E-state index >= 15 is 0 Å². The van der Waals surface area contributed by atoms with Gasteiger partial charge in [0, 0.05) is 11.6 Å². The topological polar surface area (TPSA) is 104 Å². The highest BCUT2D eigenvalue weighted by Crippen LogP contribution is 2.44. The molecule has 1 atom stereocenters. The molecule has 2 N–H and O–H groups in total. The van der Waals surface area contributed by atoms with E-state index in [0.717, 1.165) is 42.6 Å². The van der Waals surface area contributed by atoms with E-state index in [1.807, 2.05) is 24.3 Å². The maximum atomic E-state index is 12.8. The van der Waals surface area contributed by atoms with Gasteiger partial charge in [-0.25, -0.2) is 4.79 Å². The van der Waals surface area contributed by atoms with Crippen LogP contribution in [0.5, 0.6) is 23.0 Å². The molecule has 38 heavy (non-hydrogen) atoms. The number of rotatable bonds is 11. The van der Waals surface area contributed by atoms with Crippen LogP contribution in [0, 0.1) is 11.3 Å². The van der Waals surface area contributed by atoms with Gasteiger partial charge in [-0.3, -0.25) is 0 Å². The number of esters is 1. The van der Waals surface area contributed by atoms with Gasteiger partial charge in [0.15, 0.2) is 0 Å². The number of ether oxygens (including phenoxy) is 4. The van der Waals surface area contributed by atoms with Gasteiger partial charge in [-0.05, 0) is 60.9 Å². The van der Waals surface area contributed by atoms with Crippen molar-refractivity contribution in [2.45, 2.75) is 45.4 Å². The average molecular weight is 513 g/mol. The molecule has 1 aliphatic heterocycles. The lowest BCUT2D eigenvalue weighted by Gasteiger charge is -2.27. The summed E-state index contributed by atoms with van der Waals surface area (Å²) in [5.41, 5.74) is 8.47. The van der Waals surface area contributed by atoms with Crippen LogP contribution in [0.1, 0.15) is 66.9 Å². The fourth-order valence-corrected chi connectivity index (χ4v) is 4.15. The molecule has 0 spiro atoms. The fraction of sp³-hybridized carbons (Fsp3) is 0.290. The van der Waals surface area contributed by atoms with E-state index < -0.39 is 11.9 Å². The summed E-state index contributed by atoms with van der Waals surface area (Å²) in [6, 6.07) is 21.8. The molecule has 1 aliphatic rings. The zero-order chi connectivity index (χ0) is 26.9. The van der Waals surface area contributed by atoms with Crippen molar-refractivity contribution in [3.8, 4) is 29.1 Å². The standard InChI is InChI=1S/C31H32N2O5/c1-3-5-16-35-23-12-10-21(11-13-23)31(34)37-25-14-15-26-28(19-25)38-30(33)27(20-32)29(26)22-8-7-9-24(18-22)36-17-6-4-2/h7-15,18-19,29H,3-6,16-17,33H2,1-2H3. The third-order valence-electron chi connectivity index (χ3n) is 6.22. The molecule has 0 aromatic heterocycles. The molecule has 7 nitrogen and oxygen atoms in total. The molecule has 0 saturated heterocycles. The first-order valence-electron chi connectivity index (χ1n) is 12.9. The van der Waals surface area contributed by atoms with Crippen LogP contribution in [-0.2, 0) is 0 Å². The van der Waals surface area contributed by atoms with Gasteiger partial charge in [-0.2, -0.15) is 5.26 Å². The van der Waals surface area contributed by atoms with Gasteiger partial charge in [0.05, 0.1) is 24.7 Å². The van der Waals surface area contributed by atoms with Gasteiger partial charge in [-0.1, -0.05) is 44.9 Å². The first-order valence-corrected chi connectivity index (χ1v) is 12.9. The van der Waals surface area contributed by atoms with Gasteiger partial charge < -0.3 is 24.7 Å². The van der Waals surface area contributed by atoms with Crippen LogP contribution < -0.4 is 24.7 Å². The van der Waals surface area contributed by atoms with E-state index in [9.17, 15) is 10.1 Å². The Kier molecular flexibility index (Phi) is 8.89. The SMILES string of the molecule is CCCCOc1ccc(C(=O)Oc2ccc3c(c2)OC(N)=C(C#N)C3c2cccc(OCCCC)c2)cc1. The Morgan fingerprint density at radius 1 is 0.921 bits per heavy atom. The first-order chi connectivity index (χ1) is 18.5. The predicted octanol–water partition coefficient (Wildman–Crippen LogP) is 6.48. The van der Waals surface area contributed by atoms with Crippen LogP contribution in [0.15, 0.2) is 78.2 Å². The highest BCUT2D eigenvalue weighted by Gasteiger charge is 2.31.